The highest BCUT2D eigenvalue weighted by atomic mass is 32.1. The number of fused-ring (bicyclic) bond motifs is 1. The molecule has 1 fully saturated rings. The minimum absolute atomic E-state index is 0.0155. The summed E-state index contributed by atoms with van der Waals surface area (Å²) in [5.74, 6) is -0.490. The van der Waals surface area contributed by atoms with Gasteiger partial charge in [-0.2, -0.15) is 5.10 Å². The fourth-order valence-corrected chi connectivity index (χ4v) is 5.19. The third-order valence-electron chi connectivity index (χ3n) is 5.55. The van der Waals surface area contributed by atoms with Gasteiger partial charge in [-0.25, -0.2) is 9.86 Å². The molecular weight excluding hydrogens is 422 g/mol. The molecule has 31 heavy (non-hydrogen) atoms. The smallest absolute Gasteiger partial charge is 0.331 e. The number of β-amino-alcohol motifs (C(OH)–C–C–N with tert-alkyl or cyclic N) is 1. The minimum atomic E-state index is -0.781. The van der Waals surface area contributed by atoms with Crippen molar-refractivity contribution in [1.29, 1.82) is 0 Å². The van der Waals surface area contributed by atoms with E-state index in [1.165, 1.54) is 18.4 Å². The maximum atomic E-state index is 13.4. The van der Waals surface area contributed by atoms with Crippen LogP contribution in [0.25, 0.3) is 10.2 Å². The SMILES string of the molecule is CCCn1c(=O)n(C)c(=O)c2c(C(=O)N3C[C@H](O)CO3)c(Cc3c(C)n[nH]c3C)sc21. The number of aliphatic hydroxyl groups excluding tert-OH is 1. The lowest BCUT2D eigenvalue weighted by molar-refractivity contribution is -0.0778. The van der Waals surface area contributed by atoms with Gasteiger partial charge in [0.1, 0.15) is 17.5 Å². The van der Waals surface area contributed by atoms with Crippen molar-refractivity contribution in [3.8, 4) is 0 Å². The summed E-state index contributed by atoms with van der Waals surface area (Å²) in [6.07, 6.45) is 0.302. The third kappa shape index (κ3) is 3.52. The van der Waals surface area contributed by atoms with Crippen molar-refractivity contribution in [3.05, 3.63) is 48.2 Å². The fourth-order valence-electron chi connectivity index (χ4n) is 3.88. The van der Waals surface area contributed by atoms with Gasteiger partial charge < -0.3 is 5.11 Å². The van der Waals surface area contributed by atoms with E-state index in [1.54, 1.807) is 4.57 Å². The second kappa shape index (κ2) is 8.06. The highest BCUT2D eigenvalue weighted by Gasteiger charge is 2.33. The van der Waals surface area contributed by atoms with E-state index in [2.05, 4.69) is 10.2 Å². The van der Waals surface area contributed by atoms with Crippen LogP contribution in [0.1, 0.15) is 45.5 Å². The van der Waals surface area contributed by atoms with Crippen LogP contribution in [0.2, 0.25) is 0 Å². The number of rotatable bonds is 5. The Bertz CT molecular complexity index is 1260. The molecule has 0 aliphatic carbocycles. The van der Waals surface area contributed by atoms with Gasteiger partial charge in [-0.3, -0.25) is 28.7 Å². The summed E-state index contributed by atoms with van der Waals surface area (Å²) in [6, 6.07) is 0. The first-order chi connectivity index (χ1) is 14.7. The third-order valence-corrected chi connectivity index (χ3v) is 6.76. The van der Waals surface area contributed by atoms with Gasteiger partial charge in [-0.1, -0.05) is 6.92 Å². The van der Waals surface area contributed by atoms with Crippen LogP contribution < -0.4 is 11.2 Å². The number of hydrogen-bond donors (Lipinski definition) is 2. The van der Waals surface area contributed by atoms with Gasteiger partial charge in [0.05, 0.1) is 23.2 Å². The highest BCUT2D eigenvalue weighted by molar-refractivity contribution is 7.19. The largest absolute Gasteiger partial charge is 0.389 e. The van der Waals surface area contributed by atoms with Crippen LogP contribution in [-0.4, -0.2) is 54.7 Å². The van der Waals surface area contributed by atoms with Crippen LogP contribution in [0.15, 0.2) is 9.59 Å². The van der Waals surface area contributed by atoms with Crippen molar-refractivity contribution < 1.29 is 14.7 Å². The molecule has 1 atom stereocenters. The van der Waals surface area contributed by atoms with Gasteiger partial charge in [-0.05, 0) is 20.3 Å². The number of carbonyl (C=O) groups is 1. The number of aryl methyl sites for hydroxylation is 3. The van der Waals surface area contributed by atoms with Gasteiger partial charge >= 0.3 is 5.69 Å². The van der Waals surface area contributed by atoms with Gasteiger partial charge in [0.15, 0.2) is 0 Å². The summed E-state index contributed by atoms with van der Waals surface area (Å²) in [6.45, 7) is 6.19. The van der Waals surface area contributed by atoms with E-state index in [9.17, 15) is 19.5 Å². The van der Waals surface area contributed by atoms with E-state index in [1.807, 2.05) is 20.8 Å². The number of amides is 1. The first kappa shape index (κ1) is 21.5. The Morgan fingerprint density at radius 3 is 2.68 bits per heavy atom. The maximum absolute atomic E-state index is 13.4. The normalized spacial score (nSPS) is 16.5. The van der Waals surface area contributed by atoms with E-state index in [0.29, 0.717) is 29.1 Å². The van der Waals surface area contributed by atoms with Crippen LogP contribution >= 0.6 is 11.3 Å². The number of carbonyl (C=O) groups excluding carboxylic acids is 1. The Labute approximate surface area is 181 Å². The first-order valence-corrected chi connectivity index (χ1v) is 10.9. The lowest BCUT2D eigenvalue weighted by Gasteiger charge is -2.15. The Hall–Kier alpha value is -2.76. The van der Waals surface area contributed by atoms with Crippen molar-refractivity contribution in [3.63, 3.8) is 0 Å². The van der Waals surface area contributed by atoms with Crippen molar-refractivity contribution in [2.24, 2.45) is 7.05 Å². The van der Waals surface area contributed by atoms with Crippen molar-refractivity contribution >= 4 is 27.5 Å². The number of hydrogen-bond acceptors (Lipinski definition) is 7. The molecule has 0 unspecified atom stereocenters. The number of aromatic amines is 1. The molecule has 11 heteroatoms. The van der Waals surface area contributed by atoms with Gasteiger partial charge in [0.25, 0.3) is 11.5 Å². The Morgan fingerprint density at radius 2 is 2.10 bits per heavy atom. The van der Waals surface area contributed by atoms with Crippen molar-refractivity contribution in [2.75, 3.05) is 13.2 Å². The van der Waals surface area contributed by atoms with E-state index < -0.39 is 23.3 Å². The molecule has 166 valence electrons. The van der Waals surface area contributed by atoms with Crippen LogP contribution in [0.4, 0.5) is 0 Å². The lowest BCUT2D eigenvalue weighted by Crippen LogP contribution is -2.38. The van der Waals surface area contributed by atoms with Gasteiger partial charge in [0, 0.05) is 36.1 Å². The average Bonchev–Trinajstić information content (AvgIpc) is 3.42. The molecule has 1 aliphatic heterocycles. The minimum Gasteiger partial charge on any atom is -0.389 e. The number of hydroxylamine groups is 2. The Kier molecular flexibility index (Phi) is 5.58. The average molecular weight is 448 g/mol. The molecule has 10 nitrogen and oxygen atoms in total. The quantitative estimate of drug-likeness (QED) is 0.598. The van der Waals surface area contributed by atoms with E-state index in [0.717, 1.165) is 26.6 Å². The summed E-state index contributed by atoms with van der Waals surface area (Å²) < 4.78 is 2.59. The monoisotopic (exact) mass is 447 g/mol. The lowest BCUT2D eigenvalue weighted by atomic mass is 10.0. The first-order valence-electron chi connectivity index (χ1n) is 10.1. The molecule has 1 aliphatic rings. The summed E-state index contributed by atoms with van der Waals surface area (Å²) in [5.41, 5.74) is 1.91. The number of aliphatic hydroxyl groups is 1. The molecule has 0 bridgehead atoms. The van der Waals surface area contributed by atoms with E-state index in [-0.39, 0.29) is 24.1 Å². The van der Waals surface area contributed by atoms with Crippen LogP contribution in [-0.2, 0) is 24.9 Å². The zero-order valence-corrected chi connectivity index (χ0v) is 18.7. The predicted octanol–water partition coefficient (Wildman–Crippen LogP) is 0.851. The zero-order valence-electron chi connectivity index (χ0n) is 17.9. The molecule has 0 radical (unpaired) electrons. The van der Waals surface area contributed by atoms with E-state index in [4.69, 9.17) is 4.84 Å². The fraction of sp³-hybridized carbons (Fsp3) is 0.500. The molecule has 3 aromatic rings. The summed E-state index contributed by atoms with van der Waals surface area (Å²) in [7, 11) is 1.42. The maximum Gasteiger partial charge on any atom is 0.331 e. The predicted molar refractivity (Wildman–Crippen MR) is 115 cm³/mol. The molecule has 2 N–H and O–H groups in total. The number of thiophene rings is 1. The molecule has 0 saturated carbocycles. The van der Waals surface area contributed by atoms with Crippen LogP contribution in [0, 0.1) is 13.8 Å². The number of nitrogens with zero attached hydrogens (tertiary/aromatic N) is 4. The highest BCUT2D eigenvalue weighted by Crippen LogP contribution is 2.33. The van der Waals surface area contributed by atoms with Gasteiger partial charge in [-0.15, -0.1) is 11.3 Å². The van der Waals surface area contributed by atoms with Crippen molar-refractivity contribution in [2.45, 2.75) is 46.3 Å². The molecular formula is C20H25N5O5S. The van der Waals surface area contributed by atoms with Crippen molar-refractivity contribution in [1.82, 2.24) is 24.4 Å². The number of nitrogens with one attached hydrogen (secondary N) is 1. The standard InChI is InChI=1S/C20H25N5O5S/c1-5-6-24-19-16(17(27)23(4)20(24)29)15(18(28)25-8-12(26)9-30-25)14(31-19)7-13-10(2)21-22-11(13)3/h12,26H,5-9H2,1-4H3,(H,21,22)/t12-/m0/s1. The molecule has 1 amide bonds. The molecule has 0 aromatic carbocycles. The molecule has 1 saturated heterocycles. The number of aromatic nitrogens is 4. The topological polar surface area (TPSA) is 122 Å². The summed E-state index contributed by atoms with van der Waals surface area (Å²) >= 11 is 1.27. The second-order valence-electron chi connectivity index (χ2n) is 7.78. The molecule has 4 heterocycles. The summed E-state index contributed by atoms with van der Waals surface area (Å²) in [5, 5.41) is 18.3. The molecule has 3 aromatic heterocycles. The van der Waals surface area contributed by atoms with E-state index >= 15 is 0 Å². The van der Waals surface area contributed by atoms with Gasteiger partial charge in [0.2, 0.25) is 0 Å². The number of H-pyrrole nitrogens is 1. The Morgan fingerprint density at radius 1 is 1.35 bits per heavy atom. The molecule has 0 spiro atoms. The molecule has 4 rings (SSSR count). The Balaban J connectivity index is 2.00. The second-order valence-corrected chi connectivity index (χ2v) is 8.87. The summed E-state index contributed by atoms with van der Waals surface area (Å²) in [4.78, 5) is 45.8. The zero-order chi connectivity index (χ0) is 22.4. The van der Waals surface area contributed by atoms with Crippen LogP contribution in [0.3, 0.4) is 0 Å². The van der Waals surface area contributed by atoms with Crippen LogP contribution in [0.5, 0.6) is 0 Å².